The van der Waals surface area contributed by atoms with E-state index in [0.717, 1.165) is 26.2 Å². The van der Waals surface area contributed by atoms with Gasteiger partial charge in [-0.1, -0.05) is 42.5 Å². The second-order valence-corrected chi connectivity index (χ2v) is 7.14. The van der Waals surface area contributed by atoms with Crippen LogP contribution in [0.3, 0.4) is 0 Å². The van der Waals surface area contributed by atoms with Crippen LogP contribution in [0.1, 0.15) is 5.56 Å². The molecule has 5 nitrogen and oxygen atoms in total. The molecule has 1 aromatic heterocycles. The number of furan rings is 1. The molecule has 6 heteroatoms. The van der Waals surface area contributed by atoms with E-state index < -0.39 is 11.9 Å². The minimum absolute atomic E-state index is 0.0311. The minimum Gasteiger partial charge on any atom is -0.464 e. The Labute approximate surface area is 169 Å². The number of benzene rings is 3. The number of fused-ring (bicyclic) bond motifs is 3. The third-order valence-electron chi connectivity index (χ3n) is 4.39. The Balaban J connectivity index is 1.44. The second-order valence-electron chi connectivity index (χ2n) is 6.29. The molecule has 140 valence electrons. The fourth-order valence-corrected chi connectivity index (χ4v) is 3.49. The number of rotatable bonds is 5. The van der Waals surface area contributed by atoms with Gasteiger partial charge in [0.25, 0.3) is 5.91 Å². The van der Waals surface area contributed by atoms with Crippen LogP contribution in [0.25, 0.3) is 21.7 Å². The van der Waals surface area contributed by atoms with Gasteiger partial charge in [0.15, 0.2) is 6.61 Å². The van der Waals surface area contributed by atoms with Crippen LogP contribution in [-0.4, -0.2) is 18.5 Å². The van der Waals surface area contributed by atoms with Crippen LogP contribution in [0.4, 0.5) is 5.69 Å². The van der Waals surface area contributed by atoms with Gasteiger partial charge >= 0.3 is 5.97 Å². The maximum atomic E-state index is 12.3. The predicted octanol–water partition coefficient (Wildman–Crippen LogP) is 5.07. The summed E-state index contributed by atoms with van der Waals surface area (Å²) in [5, 5.41) is 5.68. The van der Waals surface area contributed by atoms with Crippen LogP contribution in [0.15, 0.2) is 75.8 Å². The third-order valence-corrected chi connectivity index (χ3v) is 5.08. The van der Waals surface area contributed by atoms with Crippen LogP contribution in [0, 0.1) is 0 Å². The average molecular weight is 438 g/mol. The molecular weight excluding hydrogens is 422 g/mol. The summed E-state index contributed by atoms with van der Waals surface area (Å²) in [5.41, 5.74) is 2.08. The zero-order chi connectivity index (χ0) is 19.5. The summed E-state index contributed by atoms with van der Waals surface area (Å²) >= 11 is 3.35. The normalized spacial score (nSPS) is 10.9. The van der Waals surface area contributed by atoms with Crippen molar-refractivity contribution in [3.63, 3.8) is 0 Å². The van der Waals surface area contributed by atoms with Gasteiger partial charge in [0.05, 0.1) is 18.4 Å². The molecule has 0 bridgehead atoms. The van der Waals surface area contributed by atoms with E-state index in [4.69, 9.17) is 9.15 Å². The van der Waals surface area contributed by atoms with Crippen molar-refractivity contribution in [1.29, 1.82) is 0 Å². The monoisotopic (exact) mass is 437 g/mol. The lowest BCUT2D eigenvalue weighted by molar-refractivity contribution is -0.146. The van der Waals surface area contributed by atoms with Crippen LogP contribution >= 0.6 is 15.9 Å². The number of para-hydroxylation sites is 1. The minimum atomic E-state index is -0.488. The highest BCUT2D eigenvalue weighted by molar-refractivity contribution is 9.10. The molecule has 0 saturated heterocycles. The lowest BCUT2D eigenvalue weighted by atomic mass is 10.0. The van der Waals surface area contributed by atoms with Crippen molar-refractivity contribution in [2.24, 2.45) is 0 Å². The first-order valence-electron chi connectivity index (χ1n) is 8.69. The molecule has 28 heavy (non-hydrogen) atoms. The van der Waals surface area contributed by atoms with E-state index in [0.29, 0.717) is 11.3 Å². The first kappa shape index (κ1) is 18.3. The van der Waals surface area contributed by atoms with Gasteiger partial charge in [0.1, 0.15) is 5.58 Å². The molecule has 4 rings (SSSR count). The van der Waals surface area contributed by atoms with Crippen LogP contribution in [0.5, 0.6) is 0 Å². The Morgan fingerprint density at radius 3 is 2.64 bits per heavy atom. The summed E-state index contributed by atoms with van der Waals surface area (Å²) in [6.07, 6.45) is 1.60. The van der Waals surface area contributed by atoms with Crippen molar-refractivity contribution in [3.8, 4) is 0 Å². The highest BCUT2D eigenvalue weighted by atomic mass is 79.9. The smallest absolute Gasteiger partial charge is 0.310 e. The molecule has 0 unspecified atom stereocenters. The average Bonchev–Trinajstić information content (AvgIpc) is 3.11. The lowest BCUT2D eigenvalue weighted by Gasteiger charge is -2.08. The zero-order valence-corrected chi connectivity index (χ0v) is 16.4. The van der Waals surface area contributed by atoms with E-state index in [9.17, 15) is 9.59 Å². The standard InChI is InChI=1S/C22H16BrNO4/c23-17-7-3-4-8-18(17)24-20(25)13-28-21(26)11-15-12-27-19-10-9-14-5-1-2-6-16(14)22(15)19/h1-10,12H,11,13H2,(H,24,25). The van der Waals surface area contributed by atoms with Gasteiger partial charge in [0.2, 0.25) is 0 Å². The largest absolute Gasteiger partial charge is 0.464 e. The summed E-state index contributed by atoms with van der Waals surface area (Å²) in [7, 11) is 0. The predicted molar refractivity (Wildman–Crippen MR) is 111 cm³/mol. The molecule has 0 fully saturated rings. The Morgan fingerprint density at radius 2 is 1.79 bits per heavy atom. The molecule has 0 radical (unpaired) electrons. The van der Waals surface area contributed by atoms with Crippen LogP contribution < -0.4 is 5.32 Å². The van der Waals surface area contributed by atoms with E-state index in [1.165, 1.54) is 0 Å². The van der Waals surface area contributed by atoms with Crippen molar-refractivity contribution in [2.45, 2.75) is 6.42 Å². The molecule has 1 heterocycles. The molecule has 3 aromatic carbocycles. The van der Waals surface area contributed by atoms with Crippen molar-refractivity contribution in [2.75, 3.05) is 11.9 Å². The van der Waals surface area contributed by atoms with E-state index in [1.54, 1.807) is 18.4 Å². The fourth-order valence-electron chi connectivity index (χ4n) is 3.11. The zero-order valence-electron chi connectivity index (χ0n) is 14.8. The molecule has 0 aliphatic carbocycles. The van der Waals surface area contributed by atoms with Crippen molar-refractivity contribution < 1.29 is 18.7 Å². The van der Waals surface area contributed by atoms with Crippen molar-refractivity contribution in [1.82, 2.24) is 0 Å². The molecule has 1 amide bonds. The van der Waals surface area contributed by atoms with E-state index >= 15 is 0 Å². The summed E-state index contributed by atoms with van der Waals surface area (Å²) in [6, 6.07) is 19.0. The summed E-state index contributed by atoms with van der Waals surface area (Å²) < 4.78 is 11.5. The van der Waals surface area contributed by atoms with Gasteiger partial charge in [-0.25, -0.2) is 0 Å². The highest BCUT2D eigenvalue weighted by Crippen LogP contribution is 2.30. The number of hydrogen-bond acceptors (Lipinski definition) is 4. The van der Waals surface area contributed by atoms with Crippen LogP contribution in [-0.2, 0) is 20.7 Å². The molecule has 0 aliphatic heterocycles. The summed E-state index contributed by atoms with van der Waals surface area (Å²) in [6.45, 7) is -0.350. The maximum Gasteiger partial charge on any atom is 0.310 e. The Bertz CT molecular complexity index is 1180. The number of nitrogens with one attached hydrogen (secondary N) is 1. The Hall–Kier alpha value is -3.12. The molecule has 1 N–H and O–H groups in total. The van der Waals surface area contributed by atoms with Gasteiger partial charge in [-0.3, -0.25) is 9.59 Å². The van der Waals surface area contributed by atoms with E-state index in [2.05, 4.69) is 21.2 Å². The number of carbonyl (C=O) groups is 2. The van der Waals surface area contributed by atoms with Gasteiger partial charge in [-0.2, -0.15) is 0 Å². The highest BCUT2D eigenvalue weighted by Gasteiger charge is 2.15. The molecule has 0 spiro atoms. The molecular formula is C22H16BrNO4. The van der Waals surface area contributed by atoms with E-state index in [1.807, 2.05) is 48.5 Å². The van der Waals surface area contributed by atoms with Gasteiger partial charge in [-0.05, 0) is 44.9 Å². The summed E-state index contributed by atoms with van der Waals surface area (Å²) in [5.74, 6) is -0.888. The topological polar surface area (TPSA) is 68.5 Å². The molecule has 0 atom stereocenters. The van der Waals surface area contributed by atoms with E-state index in [-0.39, 0.29) is 13.0 Å². The molecule has 0 aliphatic rings. The van der Waals surface area contributed by atoms with Crippen molar-refractivity contribution in [3.05, 3.63) is 77.0 Å². The molecule has 0 saturated carbocycles. The quantitative estimate of drug-likeness (QED) is 0.442. The Kier molecular flexibility index (Phi) is 5.12. The lowest BCUT2D eigenvalue weighted by Crippen LogP contribution is -2.21. The number of anilines is 1. The number of hydrogen-bond donors (Lipinski definition) is 1. The fraction of sp³-hybridized carbons (Fsp3) is 0.0909. The van der Waals surface area contributed by atoms with Gasteiger partial charge in [0, 0.05) is 15.4 Å². The Morgan fingerprint density at radius 1 is 1.00 bits per heavy atom. The van der Waals surface area contributed by atoms with Gasteiger partial charge in [-0.15, -0.1) is 0 Å². The van der Waals surface area contributed by atoms with Crippen molar-refractivity contribution >= 4 is 55.2 Å². The summed E-state index contributed by atoms with van der Waals surface area (Å²) in [4.78, 5) is 24.3. The van der Waals surface area contributed by atoms with Gasteiger partial charge < -0.3 is 14.5 Å². The van der Waals surface area contributed by atoms with Crippen LogP contribution in [0.2, 0.25) is 0 Å². The molecule has 4 aromatic rings. The number of carbonyl (C=O) groups excluding carboxylic acids is 2. The second kappa shape index (κ2) is 7.86. The SMILES string of the molecule is O=C(COC(=O)Cc1coc2ccc3ccccc3c12)Nc1ccccc1Br. The number of ether oxygens (including phenoxy) is 1. The number of esters is 1. The number of amides is 1. The maximum absolute atomic E-state index is 12.3. The third kappa shape index (κ3) is 3.77. The first-order chi connectivity index (χ1) is 13.6. The first-order valence-corrected chi connectivity index (χ1v) is 9.49. The number of halogens is 1.